The van der Waals surface area contributed by atoms with E-state index in [9.17, 15) is 0 Å². The van der Waals surface area contributed by atoms with E-state index in [-0.39, 0.29) is 16.2 Å². The van der Waals surface area contributed by atoms with Crippen LogP contribution in [0.2, 0.25) is 0 Å². The van der Waals surface area contributed by atoms with Crippen molar-refractivity contribution in [1.29, 1.82) is 0 Å². The summed E-state index contributed by atoms with van der Waals surface area (Å²) in [6, 6.07) is 11.7. The van der Waals surface area contributed by atoms with Crippen LogP contribution in [0.1, 0.15) is 89.1 Å². The molecule has 2 aromatic carbocycles. The van der Waals surface area contributed by atoms with E-state index in [2.05, 4.69) is 105 Å². The minimum atomic E-state index is 0.171. The Kier molecular flexibility index (Phi) is 4.97. The maximum atomic E-state index is 2.44. The third kappa shape index (κ3) is 3.49. The van der Waals surface area contributed by atoms with Gasteiger partial charge in [-0.05, 0) is 76.8 Å². The second-order valence-corrected chi connectivity index (χ2v) is 11.2. The molecule has 28 heavy (non-hydrogen) atoms. The molecule has 0 heterocycles. The maximum absolute atomic E-state index is 2.44. The van der Waals surface area contributed by atoms with Crippen molar-refractivity contribution >= 4 is 11.4 Å². The van der Waals surface area contributed by atoms with Gasteiger partial charge in [-0.1, -0.05) is 72.7 Å². The zero-order chi connectivity index (χ0) is 21.1. The van der Waals surface area contributed by atoms with E-state index in [1.807, 2.05) is 0 Å². The van der Waals surface area contributed by atoms with Crippen LogP contribution in [-0.2, 0) is 16.2 Å². The zero-order valence-corrected chi connectivity index (χ0v) is 19.7. The number of hydrogen-bond donors (Lipinski definition) is 0. The Hall–Kier alpha value is -1.76. The molecule has 0 N–H and O–H groups in total. The molecule has 0 saturated carbocycles. The third-order valence-corrected chi connectivity index (χ3v) is 6.88. The zero-order valence-electron chi connectivity index (χ0n) is 19.7. The predicted octanol–water partition coefficient (Wildman–Crippen LogP) is 7.72. The predicted molar refractivity (Wildman–Crippen MR) is 124 cm³/mol. The third-order valence-electron chi connectivity index (χ3n) is 6.88. The number of rotatable bonds is 2. The molecular formula is C27H39N. The summed E-state index contributed by atoms with van der Waals surface area (Å²) in [5.41, 5.74) is 10.5. The van der Waals surface area contributed by atoms with Crippen molar-refractivity contribution in [3.63, 3.8) is 0 Å². The molecule has 1 heteroatoms. The fourth-order valence-corrected chi connectivity index (χ4v) is 5.02. The quantitative estimate of drug-likeness (QED) is 0.518. The van der Waals surface area contributed by atoms with Crippen LogP contribution in [0.5, 0.6) is 0 Å². The molecule has 0 aliphatic heterocycles. The molecule has 0 atom stereocenters. The van der Waals surface area contributed by atoms with Crippen LogP contribution in [0.4, 0.5) is 11.4 Å². The number of fused-ring (bicyclic) bond motifs is 1. The first-order chi connectivity index (χ1) is 12.8. The van der Waals surface area contributed by atoms with Gasteiger partial charge in [-0.2, -0.15) is 0 Å². The van der Waals surface area contributed by atoms with Crippen molar-refractivity contribution in [3.05, 3.63) is 58.1 Å². The van der Waals surface area contributed by atoms with E-state index >= 15 is 0 Å². The summed E-state index contributed by atoms with van der Waals surface area (Å²) in [5, 5.41) is 0. The van der Waals surface area contributed by atoms with E-state index in [1.165, 1.54) is 52.0 Å². The molecule has 152 valence electrons. The monoisotopic (exact) mass is 377 g/mol. The van der Waals surface area contributed by atoms with Gasteiger partial charge in [0.2, 0.25) is 0 Å². The van der Waals surface area contributed by atoms with Gasteiger partial charge in [-0.3, -0.25) is 0 Å². The van der Waals surface area contributed by atoms with Crippen LogP contribution in [0.25, 0.3) is 0 Å². The van der Waals surface area contributed by atoms with Gasteiger partial charge in [0.1, 0.15) is 0 Å². The number of hydrogen-bond acceptors (Lipinski definition) is 1. The average Bonchev–Trinajstić information content (AvgIpc) is 2.57. The number of nitrogens with zero attached hydrogens (tertiary/aromatic N) is 1. The van der Waals surface area contributed by atoms with Crippen molar-refractivity contribution in [1.82, 2.24) is 0 Å². The van der Waals surface area contributed by atoms with Crippen LogP contribution in [0.15, 0.2) is 30.3 Å². The standard InChI is InChI=1S/C27H39N/c1-18-16-20(25(3,4)5)17-19(2)24(18)28(10)22-13-11-12-21-23(22)27(8,9)15-14-26(21,6)7/h11-13,16-17H,14-15H2,1-10H3. The first-order valence-electron chi connectivity index (χ1n) is 10.8. The average molecular weight is 378 g/mol. The molecule has 1 aliphatic rings. The highest BCUT2D eigenvalue weighted by atomic mass is 15.1. The van der Waals surface area contributed by atoms with Gasteiger partial charge in [-0.15, -0.1) is 0 Å². The Morgan fingerprint density at radius 1 is 0.857 bits per heavy atom. The SMILES string of the molecule is Cc1cc(C(C)(C)C)cc(C)c1N(C)c1cccc2c1C(C)(C)CCC2(C)C. The Morgan fingerprint density at radius 3 is 1.93 bits per heavy atom. The van der Waals surface area contributed by atoms with Gasteiger partial charge in [0.05, 0.1) is 0 Å². The fraction of sp³-hybridized carbons (Fsp3) is 0.556. The van der Waals surface area contributed by atoms with Crippen molar-refractivity contribution in [2.24, 2.45) is 0 Å². The van der Waals surface area contributed by atoms with Crippen molar-refractivity contribution in [2.45, 2.75) is 91.4 Å². The molecule has 0 spiro atoms. The second-order valence-electron chi connectivity index (χ2n) is 11.2. The first kappa shape index (κ1) is 21.0. The van der Waals surface area contributed by atoms with Crippen molar-refractivity contribution in [3.8, 4) is 0 Å². The number of anilines is 2. The highest BCUT2D eigenvalue weighted by Crippen LogP contribution is 2.50. The van der Waals surface area contributed by atoms with Gasteiger partial charge in [-0.25, -0.2) is 0 Å². The Bertz CT molecular complexity index is 870. The molecule has 1 aliphatic carbocycles. The summed E-state index contributed by atoms with van der Waals surface area (Å²) in [6.45, 7) is 21.0. The Labute approximate surface area is 173 Å². The lowest BCUT2D eigenvalue weighted by Gasteiger charge is -2.44. The summed E-state index contributed by atoms with van der Waals surface area (Å²) in [6.07, 6.45) is 2.48. The molecule has 0 fully saturated rings. The van der Waals surface area contributed by atoms with E-state index in [0.29, 0.717) is 0 Å². The molecule has 0 unspecified atom stereocenters. The molecule has 2 aromatic rings. The molecular weight excluding hydrogens is 338 g/mol. The number of benzene rings is 2. The van der Waals surface area contributed by atoms with Crippen LogP contribution in [-0.4, -0.2) is 7.05 Å². The fourth-order valence-electron chi connectivity index (χ4n) is 5.02. The van der Waals surface area contributed by atoms with Crippen molar-refractivity contribution < 1.29 is 0 Å². The van der Waals surface area contributed by atoms with E-state index in [1.54, 1.807) is 0 Å². The highest BCUT2D eigenvalue weighted by molar-refractivity contribution is 5.74. The van der Waals surface area contributed by atoms with Gasteiger partial charge >= 0.3 is 0 Å². The molecule has 1 nitrogen and oxygen atoms in total. The summed E-state index contributed by atoms with van der Waals surface area (Å²) in [7, 11) is 2.25. The smallest absolute Gasteiger partial charge is 0.0467 e. The van der Waals surface area contributed by atoms with Crippen LogP contribution in [0.3, 0.4) is 0 Å². The molecule has 0 amide bonds. The van der Waals surface area contributed by atoms with Crippen molar-refractivity contribution in [2.75, 3.05) is 11.9 Å². The lowest BCUT2D eigenvalue weighted by Crippen LogP contribution is -2.35. The normalized spacial score (nSPS) is 17.9. The molecule has 0 bridgehead atoms. The van der Waals surface area contributed by atoms with Crippen LogP contribution in [0, 0.1) is 13.8 Å². The number of aryl methyl sites for hydroxylation is 2. The Balaban J connectivity index is 2.19. The van der Waals surface area contributed by atoms with Gasteiger partial charge in [0, 0.05) is 18.4 Å². The minimum Gasteiger partial charge on any atom is -0.344 e. The summed E-state index contributed by atoms with van der Waals surface area (Å²) < 4.78 is 0. The molecule has 0 aromatic heterocycles. The maximum Gasteiger partial charge on any atom is 0.0467 e. The largest absolute Gasteiger partial charge is 0.344 e. The summed E-state index contributed by atoms with van der Waals surface area (Å²) >= 11 is 0. The summed E-state index contributed by atoms with van der Waals surface area (Å²) in [5.74, 6) is 0. The van der Waals surface area contributed by atoms with E-state index in [4.69, 9.17) is 0 Å². The molecule has 3 rings (SSSR count). The first-order valence-corrected chi connectivity index (χ1v) is 10.8. The van der Waals surface area contributed by atoms with E-state index in [0.717, 1.165) is 0 Å². The van der Waals surface area contributed by atoms with Gasteiger partial charge in [0.25, 0.3) is 0 Å². The Morgan fingerprint density at radius 2 is 1.39 bits per heavy atom. The minimum absolute atomic E-state index is 0.171. The molecule has 0 saturated heterocycles. The topological polar surface area (TPSA) is 3.24 Å². The highest BCUT2D eigenvalue weighted by Gasteiger charge is 2.39. The second kappa shape index (κ2) is 6.65. The lowest BCUT2D eigenvalue weighted by molar-refractivity contribution is 0.332. The lowest BCUT2D eigenvalue weighted by atomic mass is 9.62. The molecule has 0 radical (unpaired) electrons. The van der Waals surface area contributed by atoms with Gasteiger partial charge < -0.3 is 4.90 Å². The van der Waals surface area contributed by atoms with Gasteiger partial charge in [0.15, 0.2) is 0 Å². The van der Waals surface area contributed by atoms with Crippen LogP contribution < -0.4 is 4.90 Å². The summed E-state index contributed by atoms with van der Waals surface area (Å²) in [4.78, 5) is 2.44. The van der Waals surface area contributed by atoms with E-state index < -0.39 is 0 Å². The van der Waals surface area contributed by atoms with Crippen LogP contribution >= 0.6 is 0 Å².